The van der Waals surface area contributed by atoms with Gasteiger partial charge in [0.1, 0.15) is 33.8 Å². The Morgan fingerprint density at radius 1 is 1.10 bits per heavy atom. The van der Waals surface area contributed by atoms with Gasteiger partial charge in [-0.05, 0) is 64.3 Å². The normalized spacial score (nSPS) is 19.7. The van der Waals surface area contributed by atoms with Crippen molar-refractivity contribution in [3.8, 4) is 11.5 Å². The molecule has 2 aliphatic heterocycles. The van der Waals surface area contributed by atoms with Crippen molar-refractivity contribution in [1.29, 1.82) is 0 Å². The zero-order valence-electron chi connectivity index (χ0n) is 28.2. The number of ether oxygens (including phenoxy) is 3. The number of hydrogen-bond acceptors (Lipinski definition) is 8. The predicted molar refractivity (Wildman–Crippen MR) is 179 cm³/mol. The van der Waals surface area contributed by atoms with E-state index in [1.54, 1.807) is 36.6 Å². The van der Waals surface area contributed by atoms with Gasteiger partial charge in [0.15, 0.2) is 10.7 Å². The number of anilines is 2. The van der Waals surface area contributed by atoms with Crippen LogP contribution in [-0.2, 0) is 21.3 Å². The molecule has 2 saturated heterocycles. The van der Waals surface area contributed by atoms with Crippen LogP contribution in [0.25, 0.3) is 0 Å². The van der Waals surface area contributed by atoms with Crippen LogP contribution in [0.3, 0.4) is 0 Å². The molecule has 0 spiro atoms. The summed E-state index contributed by atoms with van der Waals surface area (Å²) < 4.78 is 91.8. The summed E-state index contributed by atoms with van der Waals surface area (Å²) in [5, 5.41) is -0.589. The first-order chi connectivity index (χ1) is 23.0. The fourth-order valence-electron chi connectivity index (χ4n) is 6.60. The minimum Gasteiger partial charge on any atom is -0.497 e. The maximum absolute atomic E-state index is 16.2. The first-order valence-electron chi connectivity index (χ1n) is 15.8. The first kappa shape index (κ1) is 36.4. The molecule has 1 amide bonds. The third-order valence-corrected chi connectivity index (χ3v) is 11.1. The summed E-state index contributed by atoms with van der Waals surface area (Å²) in [6.45, 7) is 8.08. The van der Waals surface area contributed by atoms with Crippen molar-refractivity contribution >= 4 is 39.2 Å². The van der Waals surface area contributed by atoms with E-state index >= 15 is 8.78 Å². The van der Waals surface area contributed by atoms with Crippen molar-refractivity contribution in [1.82, 2.24) is 9.88 Å². The van der Waals surface area contributed by atoms with E-state index in [9.17, 15) is 17.6 Å². The van der Waals surface area contributed by atoms with Crippen LogP contribution in [-0.4, -0.2) is 69.9 Å². The largest absolute Gasteiger partial charge is 0.497 e. The average molecular weight is 725 g/mol. The smallest absolute Gasteiger partial charge is 0.410 e. The van der Waals surface area contributed by atoms with E-state index in [1.807, 2.05) is 6.92 Å². The van der Waals surface area contributed by atoms with E-state index in [0.29, 0.717) is 36.1 Å². The second-order valence-electron chi connectivity index (χ2n) is 13.5. The number of benzene rings is 2. The Labute approximate surface area is 289 Å². The molecule has 266 valence electrons. The Hall–Kier alpha value is -3.91. The number of rotatable bonds is 9. The van der Waals surface area contributed by atoms with Gasteiger partial charge in [0.2, 0.25) is 5.95 Å². The highest BCUT2D eigenvalue weighted by Gasteiger charge is 2.48. The summed E-state index contributed by atoms with van der Waals surface area (Å²) in [6, 6.07) is 8.74. The van der Waals surface area contributed by atoms with Gasteiger partial charge in [0.05, 0.1) is 26.5 Å². The number of carbonyl (C=O) groups excluding carboxylic acids is 1. The van der Waals surface area contributed by atoms with Gasteiger partial charge in [-0.15, -0.1) is 0 Å². The zero-order chi connectivity index (χ0) is 35.9. The van der Waals surface area contributed by atoms with Gasteiger partial charge in [-0.2, -0.15) is 4.39 Å². The molecule has 15 heteroatoms. The van der Waals surface area contributed by atoms with Gasteiger partial charge < -0.3 is 24.0 Å². The van der Waals surface area contributed by atoms with Crippen LogP contribution in [0.2, 0.25) is 5.02 Å². The van der Waals surface area contributed by atoms with Gasteiger partial charge in [-0.3, -0.25) is 0 Å². The van der Waals surface area contributed by atoms with Crippen LogP contribution in [0.1, 0.15) is 52.5 Å². The highest BCUT2D eigenvalue weighted by molar-refractivity contribution is 7.92. The maximum atomic E-state index is 16.2. The van der Waals surface area contributed by atoms with Gasteiger partial charge in [0, 0.05) is 48.8 Å². The molecule has 10 nitrogen and oxygen atoms in total. The van der Waals surface area contributed by atoms with Crippen molar-refractivity contribution in [2.24, 2.45) is 5.41 Å². The molecule has 3 heterocycles. The highest BCUT2D eigenvalue weighted by Crippen LogP contribution is 2.45. The number of methoxy groups -OCH3 is 2. The predicted octanol–water partition coefficient (Wildman–Crippen LogP) is 7.18. The number of carbonyl (C=O) groups is 1. The lowest BCUT2D eigenvalue weighted by Gasteiger charge is -2.38. The lowest BCUT2D eigenvalue weighted by Crippen LogP contribution is -2.48. The summed E-state index contributed by atoms with van der Waals surface area (Å²) in [4.78, 5) is 18.8. The number of sulfonamides is 1. The van der Waals surface area contributed by atoms with Gasteiger partial charge in [-0.25, -0.2) is 31.3 Å². The molecule has 5 rings (SSSR count). The molecule has 0 N–H and O–H groups in total. The van der Waals surface area contributed by atoms with Gasteiger partial charge in [-0.1, -0.05) is 24.6 Å². The molecule has 0 radical (unpaired) electrons. The van der Waals surface area contributed by atoms with Crippen LogP contribution in [0, 0.1) is 23.0 Å². The van der Waals surface area contributed by atoms with Crippen LogP contribution >= 0.6 is 11.6 Å². The molecule has 3 aromatic rings. The monoisotopic (exact) mass is 724 g/mol. The van der Waals surface area contributed by atoms with E-state index in [2.05, 4.69) is 4.98 Å². The van der Waals surface area contributed by atoms with Crippen LogP contribution in [0.4, 0.5) is 29.5 Å². The van der Waals surface area contributed by atoms with Crippen molar-refractivity contribution in [3.63, 3.8) is 0 Å². The second-order valence-corrected chi connectivity index (χ2v) is 15.7. The Kier molecular flexibility index (Phi) is 10.2. The Balaban J connectivity index is 1.49. The fraction of sp³-hybridized carbons (Fsp3) is 0.471. The Morgan fingerprint density at radius 3 is 2.49 bits per heavy atom. The number of amides is 1. The third-order valence-electron chi connectivity index (χ3n) is 8.94. The summed E-state index contributed by atoms with van der Waals surface area (Å²) >= 11 is 6.52. The van der Waals surface area contributed by atoms with Crippen molar-refractivity contribution < 1.29 is 40.6 Å². The van der Waals surface area contributed by atoms with Gasteiger partial charge in [0.25, 0.3) is 10.0 Å². The average Bonchev–Trinajstić information content (AvgIpc) is 3.69. The van der Waals surface area contributed by atoms with E-state index in [1.165, 1.54) is 38.5 Å². The minimum absolute atomic E-state index is 0.0200. The molecule has 0 unspecified atom stereocenters. The summed E-state index contributed by atoms with van der Waals surface area (Å²) in [6.07, 6.45) is 1.69. The molecular weight excluding hydrogens is 685 g/mol. The van der Waals surface area contributed by atoms with E-state index in [-0.39, 0.29) is 23.0 Å². The molecule has 2 aromatic carbocycles. The van der Waals surface area contributed by atoms with Crippen molar-refractivity contribution in [3.05, 3.63) is 70.6 Å². The molecule has 1 aromatic heterocycles. The van der Waals surface area contributed by atoms with Crippen LogP contribution in [0.5, 0.6) is 11.5 Å². The standard InChI is InChI=1S/C34H40ClF3N4O6S/c1-33(2,3)48-32(43)41-15-8-9-26(41)34(4)14-16-40(20-34)24-18-23(36)31(30(38)29(24)35)49(44,45)42(28-11-7-10-27(37)39-28)19-21-12-13-22(46-5)17-25(21)47-6/h7,10-13,17-18,26H,8-9,14-16,19-20H2,1-6H3/t26-,34-/m1/s1. The fourth-order valence-corrected chi connectivity index (χ4v) is 8.43. The molecule has 0 bridgehead atoms. The lowest BCUT2D eigenvalue weighted by molar-refractivity contribution is 0.0108. The highest BCUT2D eigenvalue weighted by atomic mass is 35.5. The summed E-state index contributed by atoms with van der Waals surface area (Å²) in [5.41, 5.74) is -0.872. The molecule has 2 aliphatic rings. The molecule has 2 atom stereocenters. The Morgan fingerprint density at radius 2 is 1.84 bits per heavy atom. The summed E-state index contributed by atoms with van der Waals surface area (Å²) in [5.74, 6) is -3.66. The number of likely N-dealkylation sites (tertiary alicyclic amines) is 1. The quantitative estimate of drug-likeness (QED) is 0.169. The number of pyridine rings is 1. The third kappa shape index (κ3) is 7.35. The topological polar surface area (TPSA) is 102 Å². The Bertz CT molecular complexity index is 1840. The van der Waals surface area contributed by atoms with Crippen LogP contribution in [0.15, 0.2) is 47.4 Å². The van der Waals surface area contributed by atoms with E-state index < -0.39 is 67.0 Å². The number of nitrogens with zero attached hydrogens (tertiary/aromatic N) is 4. The summed E-state index contributed by atoms with van der Waals surface area (Å²) in [7, 11) is -2.29. The van der Waals surface area contributed by atoms with E-state index in [0.717, 1.165) is 25.0 Å². The van der Waals surface area contributed by atoms with Crippen molar-refractivity contribution in [2.75, 3.05) is 43.1 Å². The lowest BCUT2D eigenvalue weighted by atomic mass is 9.80. The second kappa shape index (κ2) is 13.8. The maximum Gasteiger partial charge on any atom is 0.410 e. The molecule has 0 saturated carbocycles. The van der Waals surface area contributed by atoms with Gasteiger partial charge >= 0.3 is 6.09 Å². The molecular formula is C34H40ClF3N4O6S. The van der Waals surface area contributed by atoms with Crippen LogP contribution < -0.4 is 18.7 Å². The molecule has 49 heavy (non-hydrogen) atoms. The SMILES string of the molecule is COc1ccc(CN(c2cccc(F)n2)S(=O)(=O)c2c(F)cc(N3CC[C@@](C)([C@H]4CCCN4C(=O)OC(C)(C)C)C3)c(Cl)c2F)c(OC)c1. The zero-order valence-corrected chi connectivity index (χ0v) is 29.8. The number of halogens is 4. The molecule has 2 fully saturated rings. The minimum atomic E-state index is -5.10. The number of aromatic nitrogens is 1. The molecule has 0 aliphatic carbocycles. The number of hydrogen-bond donors (Lipinski definition) is 0. The van der Waals surface area contributed by atoms with E-state index in [4.69, 9.17) is 25.8 Å². The van der Waals surface area contributed by atoms with Crippen molar-refractivity contribution in [2.45, 2.75) is 70.0 Å². The first-order valence-corrected chi connectivity index (χ1v) is 17.6.